The Morgan fingerprint density at radius 3 is 3.20 bits per heavy atom. The Balaban J connectivity index is 1.96. The highest BCUT2D eigenvalue weighted by Crippen LogP contribution is 2.24. The van der Waals surface area contributed by atoms with Gasteiger partial charge in [-0.1, -0.05) is 11.8 Å². The second-order valence-corrected chi connectivity index (χ2v) is 5.94. The van der Waals surface area contributed by atoms with Crippen LogP contribution in [-0.4, -0.2) is 36.4 Å². The van der Waals surface area contributed by atoms with E-state index in [9.17, 15) is 4.79 Å². The molecule has 1 aromatic rings. The van der Waals surface area contributed by atoms with Gasteiger partial charge in [-0.3, -0.25) is 4.79 Å². The molecule has 1 aliphatic rings. The second kappa shape index (κ2) is 6.89. The van der Waals surface area contributed by atoms with Crippen molar-refractivity contribution in [3.63, 3.8) is 0 Å². The Morgan fingerprint density at radius 1 is 1.65 bits per heavy atom. The van der Waals surface area contributed by atoms with Gasteiger partial charge in [-0.25, -0.2) is 0 Å². The van der Waals surface area contributed by atoms with Crippen LogP contribution < -0.4 is 5.32 Å². The van der Waals surface area contributed by atoms with Crippen molar-refractivity contribution in [2.45, 2.75) is 31.8 Å². The van der Waals surface area contributed by atoms with Gasteiger partial charge in [0.15, 0.2) is 0 Å². The van der Waals surface area contributed by atoms with E-state index in [-0.39, 0.29) is 18.1 Å². The highest BCUT2D eigenvalue weighted by Gasteiger charge is 2.30. The van der Waals surface area contributed by atoms with Crippen molar-refractivity contribution >= 4 is 17.2 Å². The number of thiophene rings is 1. The highest BCUT2D eigenvalue weighted by atomic mass is 32.1. The van der Waals surface area contributed by atoms with Crippen LogP contribution in [0.1, 0.15) is 41.4 Å². The minimum atomic E-state index is -0.240. The Bertz CT molecular complexity index is 521. The largest absolute Gasteiger partial charge is 0.395 e. The van der Waals surface area contributed by atoms with Crippen LogP contribution in [0.3, 0.4) is 0 Å². The Morgan fingerprint density at radius 2 is 2.50 bits per heavy atom. The number of aliphatic hydroxyl groups excluding tert-OH is 1. The first-order chi connectivity index (χ1) is 9.64. The van der Waals surface area contributed by atoms with E-state index >= 15 is 0 Å². The smallest absolute Gasteiger partial charge is 0.262 e. The molecule has 4 nitrogen and oxygen atoms in total. The van der Waals surface area contributed by atoms with Crippen LogP contribution in [0.25, 0.3) is 0 Å². The van der Waals surface area contributed by atoms with E-state index in [2.05, 4.69) is 17.2 Å². The summed E-state index contributed by atoms with van der Waals surface area (Å²) in [6.45, 7) is 3.35. The molecule has 2 heterocycles. The van der Waals surface area contributed by atoms with Gasteiger partial charge in [-0.2, -0.15) is 0 Å². The minimum absolute atomic E-state index is 0.0361. The van der Waals surface area contributed by atoms with Gasteiger partial charge < -0.3 is 15.2 Å². The van der Waals surface area contributed by atoms with E-state index in [0.29, 0.717) is 17.8 Å². The molecule has 0 saturated carbocycles. The monoisotopic (exact) mass is 293 g/mol. The molecule has 0 bridgehead atoms. The lowest BCUT2D eigenvalue weighted by Crippen LogP contribution is -2.40. The molecule has 0 aliphatic carbocycles. The molecule has 1 unspecified atom stereocenters. The number of nitrogens with one attached hydrogen (secondary N) is 1. The van der Waals surface area contributed by atoms with E-state index < -0.39 is 0 Å². The second-order valence-electron chi connectivity index (χ2n) is 5.02. The van der Waals surface area contributed by atoms with Gasteiger partial charge in [0.1, 0.15) is 4.88 Å². The first-order valence-corrected chi connectivity index (χ1v) is 7.62. The Labute approximate surface area is 123 Å². The van der Waals surface area contributed by atoms with E-state index in [1.54, 1.807) is 0 Å². The summed E-state index contributed by atoms with van der Waals surface area (Å²) in [5.41, 5.74) is 0.480. The third-order valence-electron chi connectivity index (χ3n) is 3.25. The highest BCUT2D eigenvalue weighted by molar-refractivity contribution is 7.12. The number of hydrogen-bond acceptors (Lipinski definition) is 4. The lowest BCUT2D eigenvalue weighted by molar-refractivity contribution is 0.0206. The van der Waals surface area contributed by atoms with E-state index in [1.165, 1.54) is 11.3 Å². The molecule has 1 aromatic heterocycles. The molecule has 1 saturated heterocycles. The number of carbonyl (C=O) groups excluding carboxylic acids is 1. The third kappa shape index (κ3) is 3.83. The van der Waals surface area contributed by atoms with Gasteiger partial charge in [0.05, 0.1) is 12.2 Å². The maximum absolute atomic E-state index is 12.2. The van der Waals surface area contributed by atoms with Gasteiger partial charge >= 0.3 is 0 Å². The predicted octanol–water partition coefficient (Wildman–Crippen LogP) is 1.78. The fourth-order valence-corrected chi connectivity index (χ4v) is 2.89. The summed E-state index contributed by atoms with van der Waals surface area (Å²) in [7, 11) is 0. The van der Waals surface area contributed by atoms with Gasteiger partial charge in [0.2, 0.25) is 0 Å². The maximum Gasteiger partial charge on any atom is 0.262 e. The summed E-state index contributed by atoms with van der Waals surface area (Å²) < 4.78 is 5.65. The van der Waals surface area contributed by atoms with E-state index in [4.69, 9.17) is 9.84 Å². The quantitative estimate of drug-likeness (QED) is 0.832. The van der Waals surface area contributed by atoms with Crippen molar-refractivity contribution < 1.29 is 14.6 Å². The summed E-state index contributed by atoms with van der Waals surface area (Å²) in [5.74, 6) is 5.65. The summed E-state index contributed by atoms with van der Waals surface area (Å²) in [5, 5.41) is 13.5. The molecular weight excluding hydrogens is 274 g/mol. The Kier molecular flexibility index (Phi) is 5.18. The van der Waals surface area contributed by atoms with E-state index in [1.807, 2.05) is 18.4 Å². The molecule has 20 heavy (non-hydrogen) atoms. The van der Waals surface area contributed by atoms with Crippen LogP contribution in [0.4, 0.5) is 0 Å². The minimum Gasteiger partial charge on any atom is -0.395 e. The van der Waals surface area contributed by atoms with Gasteiger partial charge in [-0.05, 0) is 31.2 Å². The number of hydrogen-bond donors (Lipinski definition) is 2. The molecule has 1 fully saturated rings. The number of rotatable bonds is 4. The van der Waals surface area contributed by atoms with Crippen LogP contribution in [0.5, 0.6) is 0 Å². The first-order valence-electron chi connectivity index (χ1n) is 6.74. The van der Waals surface area contributed by atoms with Crippen molar-refractivity contribution in [1.82, 2.24) is 5.32 Å². The average molecular weight is 293 g/mol. The fourth-order valence-electron chi connectivity index (χ4n) is 2.12. The standard InChI is InChI=1S/C15H19NO3S/c1-15(7-4-9-19-15)11-16-14(18)13-12(6-10-20-13)5-2-3-8-17/h6,10,17H,3-4,7-9,11H2,1H3,(H,16,18). The third-order valence-corrected chi connectivity index (χ3v) is 4.17. The van der Waals surface area contributed by atoms with Crippen molar-refractivity contribution in [2.24, 2.45) is 0 Å². The number of aliphatic hydroxyl groups is 1. The fraction of sp³-hybridized carbons (Fsp3) is 0.533. The molecular formula is C15H19NO3S. The SMILES string of the molecule is CC1(CNC(=O)c2sccc2C#CCCO)CCCO1. The molecule has 1 amide bonds. The lowest BCUT2D eigenvalue weighted by atomic mass is 10.0. The van der Waals surface area contributed by atoms with Crippen LogP contribution in [0.2, 0.25) is 0 Å². The number of carbonyl (C=O) groups is 1. The zero-order valence-electron chi connectivity index (χ0n) is 11.6. The van der Waals surface area contributed by atoms with Crippen molar-refractivity contribution in [2.75, 3.05) is 19.8 Å². The molecule has 5 heteroatoms. The van der Waals surface area contributed by atoms with Crippen LogP contribution in [0, 0.1) is 11.8 Å². The topological polar surface area (TPSA) is 58.6 Å². The molecule has 2 N–H and O–H groups in total. The van der Waals surface area contributed by atoms with Crippen LogP contribution in [0.15, 0.2) is 11.4 Å². The molecule has 108 valence electrons. The molecule has 0 aromatic carbocycles. The summed E-state index contributed by atoms with van der Waals surface area (Å²) >= 11 is 1.38. The van der Waals surface area contributed by atoms with Crippen LogP contribution in [-0.2, 0) is 4.74 Å². The van der Waals surface area contributed by atoms with Gasteiger partial charge in [0.25, 0.3) is 5.91 Å². The molecule has 2 rings (SSSR count). The zero-order chi connectivity index (χ0) is 14.4. The Hall–Kier alpha value is -1.35. The normalized spacial score (nSPS) is 21.3. The summed E-state index contributed by atoms with van der Waals surface area (Å²) in [4.78, 5) is 12.8. The van der Waals surface area contributed by atoms with Crippen molar-refractivity contribution in [3.05, 3.63) is 21.9 Å². The van der Waals surface area contributed by atoms with Crippen molar-refractivity contribution in [1.29, 1.82) is 0 Å². The molecule has 1 atom stereocenters. The van der Waals surface area contributed by atoms with Crippen LogP contribution >= 0.6 is 11.3 Å². The van der Waals surface area contributed by atoms with E-state index in [0.717, 1.165) is 25.0 Å². The predicted molar refractivity (Wildman–Crippen MR) is 78.8 cm³/mol. The number of ether oxygens (including phenoxy) is 1. The van der Waals surface area contributed by atoms with Gasteiger partial charge in [0, 0.05) is 25.1 Å². The summed E-state index contributed by atoms with van der Waals surface area (Å²) in [6, 6.07) is 1.83. The average Bonchev–Trinajstić information content (AvgIpc) is 3.06. The number of amides is 1. The maximum atomic E-state index is 12.2. The molecule has 1 aliphatic heterocycles. The molecule has 0 radical (unpaired) electrons. The zero-order valence-corrected chi connectivity index (χ0v) is 12.4. The first kappa shape index (κ1) is 15.0. The van der Waals surface area contributed by atoms with Gasteiger partial charge in [-0.15, -0.1) is 11.3 Å². The lowest BCUT2D eigenvalue weighted by Gasteiger charge is -2.23. The van der Waals surface area contributed by atoms with Crippen molar-refractivity contribution in [3.8, 4) is 11.8 Å². The molecule has 0 spiro atoms. The summed E-state index contributed by atoms with van der Waals surface area (Å²) in [6.07, 6.45) is 2.44.